The first-order valence-electron chi connectivity index (χ1n) is 6.85. The van der Waals surface area contributed by atoms with Crippen molar-refractivity contribution in [2.45, 2.75) is 20.8 Å². The Kier molecular flexibility index (Phi) is 4.14. The van der Waals surface area contributed by atoms with E-state index >= 15 is 0 Å². The summed E-state index contributed by atoms with van der Waals surface area (Å²) in [6, 6.07) is 12.0. The minimum absolute atomic E-state index is 0.789. The quantitative estimate of drug-likeness (QED) is 0.604. The number of benzene rings is 2. The molecule has 3 rings (SSSR count). The minimum Gasteiger partial charge on any atom is -0.497 e. The molecule has 2 heteroatoms. The SMILES string of the molecule is C=C1c2ccc(C)cc2Oc2cc(OC)ccc21.CC. The largest absolute Gasteiger partial charge is 0.497 e. The molecule has 0 radical (unpaired) electrons. The predicted molar refractivity (Wildman–Crippen MR) is 83.7 cm³/mol. The molecule has 1 aliphatic rings. The summed E-state index contributed by atoms with van der Waals surface area (Å²) in [6.45, 7) is 10.2. The van der Waals surface area contributed by atoms with Gasteiger partial charge in [0.1, 0.15) is 17.2 Å². The molecular weight excluding hydrogens is 248 g/mol. The Morgan fingerprint density at radius 1 is 0.950 bits per heavy atom. The van der Waals surface area contributed by atoms with Crippen LogP contribution in [-0.4, -0.2) is 7.11 Å². The summed E-state index contributed by atoms with van der Waals surface area (Å²) >= 11 is 0. The molecule has 2 nitrogen and oxygen atoms in total. The molecule has 0 saturated heterocycles. The number of ether oxygens (including phenoxy) is 2. The van der Waals surface area contributed by atoms with Gasteiger partial charge in [-0.3, -0.25) is 0 Å². The van der Waals surface area contributed by atoms with Gasteiger partial charge in [0.15, 0.2) is 0 Å². The normalized spacial score (nSPS) is 11.5. The molecule has 0 atom stereocenters. The number of rotatable bonds is 1. The maximum absolute atomic E-state index is 5.93. The Bertz CT molecular complexity index is 642. The van der Waals surface area contributed by atoms with Gasteiger partial charge in [0, 0.05) is 17.2 Å². The van der Waals surface area contributed by atoms with Crippen LogP contribution in [0.1, 0.15) is 30.5 Å². The number of aryl methyl sites for hydroxylation is 1. The highest BCUT2D eigenvalue weighted by Crippen LogP contribution is 2.44. The van der Waals surface area contributed by atoms with Crippen molar-refractivity contribution in [1.29, 1.82) is 0 Å². The van der Waals surface area contributed by atoms with E-state index in [1.807, 2.05) is 45.0 Å². The minimum atomic E-state index is 0.789. The van der Waals surface area contributed by atoms with E-state index in [-0.39, 0.29) is 0 Å². The van der Waals surface area contributed by atoms with Crippen LogP contribution < -0.4 is 9.47 Å². The van der Waals surface area contributed by atoms with Gasteiger partial charge in [0.2, 0.25) is 0 Å². The fourth-order valence-corrected chi connectivity index (χ4v) is 2.19. The molecule has 0 aromatic heterocycles. The highest BCUT2D eigenvalue weighted by Gasteiger charge is 2.20. The molecule has 2 aromatic carbocycles. The lowest BCUT2D eigenvalue weighted by atomic mass is 9.94. The molecule has 0 spiro atoms. The van der Waals surface area contributed by atoms with Gasteiger partial charge in [0.25, 0.3) is 0 Å². The fraction of sp³-hybridized carbons (Fsp3) is 0.222. The Labute approximate surface area is 120 Å². The summed E-state index contributed by atoms with van der Waals surface area (Å²) in [5.74, 6) is 2.45. The summed E-state index contributed by atoms with van der Waals surface area (Å²) in [5.41, 5.74) is 4.24. The highest BCUT2D eigenvalue weighted by atomic mass is 16.5. The second-order valence-electron chi connectivity index (χ2n) is 4.44. The van der Waals surface area contributed by atoms with E-state index in [9.17, 15) is 0 Å². The smallest absolute Gasteiger partial charge is 0.138 e. The van der Waals surface area contributed by atoms with E-state index < -0.39 is 0 Å². The summed E-state index contributed by atoms with van der Waals surface area (Å²) in [7, 11) is 1.65. The van der Waals surface area contributed by atoms with E-state index in [0.29, 0.717) is 0 Å². The van der Waals surface area contributed by atoms with Crippen molar-refractivity contribution in [3.05, 3.63) is 59.7 Å². The summed E-state index contributed by atoms with van der Waals surface area (Å²) in [6.07, 6.45) is 0. The lowest BCUT2D eigenvalue weighted by molar-refractivity contribution is 0.408. The average Bonchev–Trinajstić information content (AvgIpc) is 2.48. The second-order valence-corrected chi connectivity index (χ2v) is 4.44. The van der Waals surface area contributed by atoms with Crippen LogP contribution in [0.2, 0.25) is 0 Å². The van der Waals surface area contributed by atoms with Crippen molar-refractivity contribution < 1.29 is 9.47 Å². The summed E-state index contributed by atoms with van der Waals surface area (Å²) in [5, 5.41) is 0. The van der Waals surface area contributed by atoms with Crippen molar-refractivity contribution in [2.75, 3.05) is 7.11 Å². The van der Waals surface area contributed by atoms with Gasteiger partial charge in [-0.2, -0.15) is 0 Å². The van der Waals surface area contributed by atoms with Crippen molar-refractivity contribution in [2.24, 2.45) is 0 Å². The third-order valence-electron chi connectivity index (χ3n) is 3.20. The molecule has 1 heterocycles. The van der Waals surface area contributed by atoms with Gasteiger partial charge in [-0.1, -0.05) is 32.6 Å². The van der Waals surface area contributed by atoms with Crippen LogP contribution in [0.5, 0.6) is 17.2 Å². The average molecular weight is 268 g/mol. The molecule has 104 valence electrons. The van der Waals surface area contributed by atoms with Gasteiger partial charge in [-0.05, 0) is 36.3 Å². The third-order valence-corrected chi connectivity index (χ3v) is 3.20. The standard InChI is InChI=1S/C16H14O2.C2H6/c1-10-4-6-13-11(2)14-7-5-12(17-3)9-16(14)18-15(13)8-10;1-2/h4-9H,2H2,1,3H3;1-2H3. The Morgan fingerprint density at radius 2 is 1.55 bits per heavy atom. The molecule has 0 unspecified atom stereocenters. The molecule has 0 amide bonds. The van der Waals surface area contributed by atoms with Crippen LogP contribution in [0, 0.1) is 6.92 Å². The van der Waals surface area contributed by atoms with Gasteiger partial charge >= 0.3 is 0 Å². The topological polar surface area (TPSA) is 18.5 Å². The van der Waals surface area contributed by atoms with Gasteiger partial charge in [-0.15, -0.1) is 0 Å². The van der Waals surface area contributed by atoms with Crippen LogP contribution in [-0.2, 0) is 0 Å². The lowest BCUT2D eigenvalue weighted by Gasteiger charge is -2.23. The second kappa shape index (κ2) is 5.83. The first kappa shape index (κ1) is 14.2. The van der Waals surface area contributed by atoms with Crippen LogP contribution in [0.3, 0.4) is 0 Å². The Morgan fingerprint density at radius 3 is 2.20 bits per heavy atom. The van der Waals surface area contributed by atoms with Crippen LogP contribution in [0.4, 0.5) is 0 Å². The van der Waals surface area contributed by atoms with E-state index in [1.165, 1.54) is 5.56 Å². The molecule has 0 N–H and O–H groups in total. The highest BCUT2D eigenvalue weighted by molar-refractivity contribution is 5.87. The maximum Gasteiger partial charge on any atom is 0.138 e. The molecule has 20 heavy (non-hydrogen) atoms. The van der Waals surface area contributed by atoms with E-state index in [2.05, 4.69) is 18.7 Å². The monoisotopic (exact) mass is 268 g/mol. The summed E-state index contributed by atoms with van der Waals surface area (Å²) < 4.78 is 11.1. The molecule has 0 bridgehead atoms. The molecule has 2 aromatic rings. The van der Waals surface area contributed by atoms with Crippen molar-refractivity contribution in [3.8, 4) is 17.2 Å². The van der Waals surface area contributed by atoms with E-state index in [4.69, 9.17) is 9.47 Å². The molecule has 1 aliphatic heterocycles. The van der Waals surface area contributed by atoms with Crippen LogP contribution >= 0.6 is 0 Å². The first-order valence-corrected chi connectivity index (χ1v) is 6.85. The first-order chi connectivity index (χ1) is 9.69. The van der Waals surface area contributed by atoms with Crippen LogP contribution in [0.15, 0.2) is 43.0 Å². The molecular formula is C18H20O2. The van der Waals surface area contributed by atoms with Crippen molar-refractivity contribution >= 4 is 5.57 Å². The van der Waals surface area contributed by atoms with Crippen molar-refractivity contribution in [1.82, 2.24) is 0 Å². The number of hydrogen-bond donors (Lipinski definition) is 0. The molecule has 0 aliphatic carbocycles. The fourth-order valence-electron chi connectivity index (χ4n) is 2.19. The number of methoxy groups -OCH3 is 1. The van der Waals surface area contributed by atoms with Gasteiger partial charge in [-0.25, -0.2) is 0 Å². The van der Waals surface area contributed by atoms with E-state index in [1.54, 1.807) is 7.11 Å². The van der Waals surface area contributed by atoms with Gasteiger partial charge < -0.3 is 9.47 Å². The summed E-state index contributed by atoms with van der Waals surface area (Å²) in [4.78, 5) is 0. The zero-order valence-electron chi connectivity index (χ0n) is 12.5. The number of hydrogen-bond acceptors (Lipinski definition) is 2. The zero-order chi connectivity index (χ0) is 14.7. The maximum atomic E-state index is 5.93. The Balaban J connectivity index is 0.000000704. The molecule has 0 fully saturated rings. The number of fused-ring (bicyclic) bond motifs is 2. The Hall–Kier alpha value is -2.22. The lowest BCUT2D eigenvalue weighted by Crippen LogP contribution is -2.02. The van der Waals surface area contributed by atoms with Gasteiger partial charge in [0.05, 0.1) is 7.11 Å². The molecule has 0 saturated carbocycles. The predicted octanol–water partition coefficient (Wildman–Crippen LogP) is 5.20. The zero-order valence-corrected chi connectivity index (χ0v) is 12.5. The van der Waals surface area contributed by atoms with Crippen LogP contribution in [0.25, 0.3) is 5.57 Å². The third kappa shape index (κ3) is 2.42. The van der Waals surface area contributed by atoms with Crippen molar-refractivity contribution in [3.63, 3.8) is 0 Å². The van der Waals surface area contributed by atoms with E-state index in [0.717, 1.165) is 33.9 Å².